The van der Waals surface area contributed by atoms with Crippen molar-refractivity contribution < 1.29 is 19.0 Å². The maximum absolute atomic E-state index is 13.4. The molecule has 0 saturated heterocycles. The van der Waals surface area contributed by atoms with Gasteiger partial charge in [-0.05, 0) is 73.9 Å². The van der Waals surface area contributed by atoms with Gasteiger partial charge in [-0.25, -0.2) is 4.98 Å². The predicted octanol–water partition coefficient (Wildman–Crippen LogP) is 5.36. The minimum atomic E-state index is -0.783. The molecule has 2 aromatic carbocycles. The molecule has 40 heavy (non-hydrogen) atoms. The van der Waals surface area contributed by atoms with E-state index in [1.807, 2.05) is 36.4 Å². The van der Waals surface area contributed by atoms with E-state index < -0.39 is 5.54 Å². The smallest absolute Gasteiger partial charge is 0.326 e. The van der Waals surface area contributed by atoms with Crippen LogP contribution in [0.3, 0.4) is 0 Å². The number of hydrogen-bond acceptors (Lipinski definition) is 8. The lowest BCUT2D eigenvalue weighted by Gasteiger charge is -2.20. The zero-order valence-corrected chi connectivity index (χ0v) is 23.5. The number of benzene rings is 2. The van der Waals surface area contributed by atoms with Crippen molar-refractivity contribution in [1.82, 2.24) is 9.55 Å². The number of hydrogen-bond donors (Lipinski definition) is 1. The molecular formula is C30H28ClN3O5S. The zero-order chi connectivity index (χ0) is 27.6. The van der Waals surface area contributed by atoms with Gasteiger partial charge in [0.25, 0.3) is 5.56 Å². The quantitative estimate of drug-likeness (QED) is 0.267. The fourth-order valence-electron chi connectivity index (χ4n) is 5.38. The predicted molar refractivity (Wildman–Crippen MR) is 154 cm³/mol. The number of esters is 1. The monoisotopic (exact) mass is 577 g/mol. The molecule has 2 atom stereocenters. The summed E-state index contributed by atoms with van der Waals surface area (Å²) < 4.78 is 19.8. The van der Waals surface area contributed by atoms with Gasteiger partial charge in [-0.1, -0.05) is 23.7 Å². The molecule has 2 heterocycles. The summed E-state index contributed by atoms with van der Waals surface area (Å²) in [6.07, 6.45) is 5.78. The Morgan fingerprint density at radius 3 is 2.62 bits per heavy atom. The van der Waals surface area contributed by atoms with Crippen LogP contribution in [0.25, 0.3) is 26.3 Å². The molecule has 206 valence electrons. The van der Waals surface area contributed by atoms with Crippen LogP contribution in [0.2, 0.25) is 5.02 Å². The van der Waals surface area contributed by atoms with Crippen LogP contribution in [-0.4, -0.2) is 40.9 Å². The maximum Gasteiger partial charge on any atom is 0.326 e. The topological polar surface area (TPSA) is 106 Å². The minimum Gasteiger partial charge on any atom is -0.493 e. The maximum atomic E-state index is 13.4. The van der Waals surface area contributed by atoms with E-state index >= 15 is 0 Å². The van der Waals surface area contributed by atoms with E-state index in [1.165, 1.54) is 22.2 Å². The number of ether oxygens (including phenoxy) is 3. The summed E-state index contributed by atoms with van der Waals surface area (Å²) in [5, 5.41) is 0.660. The molecule has 3 saturated carbocycles. The van der Waals surface area contributed by atoms with Gasteiger partial charge >= 0.3 is 5.97 Å². The number of nitrogens with zero attached hydrogens (tertiary/aromatic N) is 2. The fraction of sp³-hybridized carbons (Fsp3) is 0.367. The number of fused-ring (bicyclic) bond motifs is 1. The van der Waals surface area contributed by atoms with Crippen molar-refractivity contribution in [3.63, 3.8) is 0 Å². The lowest BCUT2D eigenvalue weighted by molar-refractivity contribution is -0.149. The Hall–Kier alpha value is -3.40. The summed E-state index contributed by atoms with van der Waals surface area (Å²) in [4.78, 5) is 31.3. The number of thiophene rings is 1. The number of nitrogens with two attached hydrogens (primary N) is 1. The average molecular weight is 578 g/mol. The third-order valence-electron chi connectivity index (χ3n) is 8.37. The van der Waals surface area contributed by atoms with Crippen molar-refractivity contribution in [2.45, 2.75) is 43.7 Å². The van der Waals surface area contributed by atoms with E-state index in [-0.39, 0.29) is 23.0 Å². The number of carbonyl (C=O) groups is 1. The molecule has 3 aliphatic rings. The van der Waals surface area contributed by atoms with Gasteiger partial charge in [0, 0.05) is 21.4 Å². The standard InChI is InChI=1S/C30H28ClN3O5S/c1-37-23-12-20(34-16-33-21-13-24(40-26(21)27(34)35)17-2-6-19(31)7-3-17)8-9-22(23)38-15-29(18-4-5-18)14-25(29)39-28(36)30(32)10-11-30/h2-3,6-9,12-13,16,18,25H,4-5,10-11,14-15,32H2,1H3/t25?,29-/m1/s1. The van der Waals surface area contributed by atoms with E-state index in [9.17, 15) is 9.59 Å². The molecule has 8 nitrogen and oxygen atoms in total. The zero-order valence-electron chi connectivity index (χ0n) is 21.9. The van der Waals surface area contributed by atoms with Gasteiger partial charge in [0.2, 0.25) is 0 Å². The first-order valence-corrected chi connectivity index (χ1v) is 14.6. The normalized spacial score (nSPS) is 22.6. The van der Waals surface area contributed by atoms with E-state index in [4.69, 9.17) is 31.5 Å². The Morgan fingerprint density at radius 2 is 1.93 bits per heavy atom. The summed E-state index contributed by atoms with van der Waals surface area (Å²) in [5.41, 5.74) is 7.17. The van der Waals surface area contributed by atoms with Crippen LogP contribution < -0.4 is 20.8 Å². The molecule has 0 spiro atoms. The van der Waals surface area contributed by atoms with Gasteiger partial charge in [-0.2, -0.15) is 0 Å². The van der Waals surface area contributed by atoms with Gasteiger partial charge in [-0.15, -0.1) is 11.3 Å². The van der Waals surface area contributed by atoms with Crippen molar-refractivity contribution in [2.75, 3.05) is 13.7 Å². The van der Waals surface area contributed by atoms with Crippen LogP contribution in [-0.2, 0) is 9.53 Å². The second kappa shape index (κ2) is 9.33. The molecule has 2 N–H and O–H groups in total. The molecule has 4 aromatic rings. The first-order chi connectivity index (χ1) is 19.3. The summed E-state index contributed by atoms with van der Waals surface area (Å²) >= 11 is 7.43. The van der Waals surface area contributed by atoms with Gasteiger partial charge in [0.05, 0.1) is 24.9 Å². The third kappa shape index (κ3) is 4.46. The Kier molecular flexibility index (Phi) is 5.96. The highest BCUT2D eigenvalue weighted by Crippen LogP contribution is 2.63. The van der Waals surface area contributed by atoms with Crippen molar-refractivity contribution >= 4 is 39.1 Å². The second-order valence-electron chi connectivity index (χ2n) is 11.1. The minimum absolute atomic E-state index is 0.154. The lowest BCUT2D eigenvalue weighted by atomic mass is 10.0. The van der Waals surface area contributed by atoms with Gasteiger partial charge in [0.15, 0.2) is 11.5 Å². The van der Waals surface area contributed by atoms with Gasteiger partial charge in [-0.3, -0.25) is 14.2 Å². The van der Waals surface area contributed by atoms with E-state index in [0.717, 1.165) is 29.7 Å². The van der Waals surface area contributed by atoms with Crippen LogP contribution in [0.5, 0.6) is 11.5 Å². The van der Waals surface area contributed by atoms with Crippen LogP contribution >= 0.6 is 22.9 Å². The Bertz CT molecular complexity index is 1690. The van der Waals surface area contributed by atoms with E-state index in [1.54, 1.807) is 19.2 Å². The molecule has 0 bridgehead atoms. The van der Waals surface area contributed by atoms with Crippen molar-refractivity contribution in [2.24, 2.45) is 17.1 Å². The highest BCUT2D eigenvalue weighted by Gasteiger charge is 2.66. The number of aromatic nitrogens is 2. The second-order valence-corrected chi connectivity index (χ2v) is 12.6. The first kappa shape index (κ1) is 25.6. The molecule has 10 heteroatoms. The van der Waals surface area contributed by atoms with Crippen LogP contribution in [0.4, 0.5) is 0 Å². The summed E-state index contributed by atoms with van der Waals surface area (Å²) in [5.74, 6) is 1.29. The Balaban J connectivity index is 1.11. The molecule has 3 fully saturated rings. The summed E-state index contributed by atoms with van der Waals surface area (Å²) in [6.45, 7) is 0.430. The summed E-state index contributed by atoms with van der Waals surface area (Å²) in [7, 11) is 1.57. The van der Waals surface area contributed by atoms with Crippen molar-refractivity contribution in [1.29, 1.82) is 0 Å². The number of halogens is 1. The molecule has 0 amide bonds. The Labute approximate surface area is 239 Å². The number of methoxy groups -OCH3 is 1. The van der Waals surface area contributed by atoms with E-state index in [0.29, 0.717) is 57.8 Å². The lowest BCUT2D eigenvalue weighted by Crippen LogP contribution is -2.36. The van der Waals surface area contributed by atoms with Gasteiger partial charge in [0.1, 0.15) is 22.7 Å². The van der Waals surface area contributed by atoms with Crippen molar-refractivity contribution in [3.8, 4) is 27.6 Å². The number of carbonyl (C=O) groups excluding carboxylic acids is 1. The molecule has 2 aromatic heterocycles. The van der Waals surface area contributed by atoms with Crippen LogP contribution in [0.1, 0.15) is 32.1 Å². The number of rotatable bonds is 9. The molecular weight excluding hydrogens is 550 g/mol. The molecule has 1 unspecified atom stereocenters. The fourth-order valence-corrected chi connectivity index (χ4v) is 6.55. The largest absolute Gasteiger partial charge is 0.493 e. The molecule has 7 rings (SSSR count). The highest BCUT2D eigenvalue weighted by molar-refractivity contribution is 7.22. The molecule has 3 aliphatic carbocycles. The van der Waals surface area contributed by atoms with Crippen molar-refractivity contribution in [3.05, 3.63) is 70.2 Å². The third-order valence-corrected chi connectivity index (χ3v) is 9.78. The summed E-state index contributed by atoms with van der Waals surface area (Å²) in [6, 6.07) is 14.8. The molecule has 0 radical (unpaired) electrons. The highest BCUT2D eigenvalue weighted by atomic mass is 35.5. The average Bonchev–Trinajstić information content (AvgIpc) is 3.89. The van der Waals surface area contributed by atoms with Gasteiger partial charge < -0.3 is 19.9 Å². The Morgan fingerprint density at radius 1 is 1.15 bits per heavy atom. The first-order valence-electron chi connectivity index (χ1n) is 13.4. The van der Waals surface area contributed by atoms with Crippen LogP contribution in [0.15, 0.2) is 59.7 Å². The van der Waals surface area contributed by atoms with Crippen LogP contribution in [0, 0.1) is 11.3 Å². The SMILES string of the molecule is COc1cc(-n2cnc3cc(-c4ccc(Cl)cc4)sc3c2=O)ccc1OC[C@@]1(C2CC2)CC1OC(=O)C1(N)CC1. The van der Waals surface area contributed by atoms with E-state index in [2.05, 4.69) is 4.98 Å². The molecule has 0 aliphatic heterocycles.